The molecule has 1 unspecified atom stereocenters. The molecule has 0 saturated carbocycles. The highest BCUT2D eigenvalue weighted by Gasteiger charge is 2.49. The fraction of sp³-hybridized carbons (Fsp3) is 0.579. The van der Waals surface area contributed by atoms with Gasteiger partial charge in [-0.1, -0.05) is 12.1 Å². The lowest BCUT2D eigenvalue weighted by atomic mass is 9.75. The van der Waals surface area contributed by atoms with Crippen LogP contribution in [0.5, 0.6) is 0 Å². The molecule has 2 aliphatic heterocycles. The van der Waals surface area contributed by atoms with Crippen LogP contribution in [0.4, 0.5) is 14.0 Å². The van der Waals surface area contributed by atoms with Crippen LogP contribution in [0.25, 0.3) is 0 Å². The Hall–Kier alpha value is -2.31. The van der Waals surface area contributed by atoms with E-state index in [1.165, 1.54) is 12.1 Å². The lowest BCUT2D eigenvalue weighted by molar-refractivity contribution is -0.0705. The predicted molar refractivity (Wildman–Crippen MR) is 93.4 cm³/mol. The molecule has 1 atom stereocenters. The van der Waals surface area contributed by atoms with E-state index in [-0.39, 0.29) is 17.8 Å². The van der Waals surface area contributed by atoms with Crippen molar-refractivity contribution in [3.63, 3.8) is 0 Å². The molecule has 26 heavy (non-hydrogen) atoms. The maximum atomic E-state index is 13.3. The number of ether oxygens (including phenoxy) is 2. The number of amides is 2. The first-order chi connectivity index (χ1) is 12.2. The Labute approximate surface area is 152 Å². The van der Waals surface area contributed by atoms with E-state index < -0.39 is 17.3 Å². The second-order valence-corrected chi connectivity index (χ2v) is 7.91. The first kappa shape index (κ1) is 18.5. The molecule has 2 heterocycles. The number of piperidine rings is 1. The van der Waals surface area contributed by atoms with Gasteiger partial charge in [0.25, 0.3) is 0 Å². The number of likely N-dealkylation sites (tertiary alicyclic amines) is 1. The minimum atomic E-state index is -0.696. The summed E-state index contributed by atoms with van der Waals surface area (Å²) in [6.45, 7) is 6.80. The molecule has 7 heteroatoms. The van der Waals surface area contributed by atoms with E-state index in [9.17, 15) is 14.0 Å². The van der Waals surface area contributed by atoms with Gasteiger partial charge in [0.1, 0.15) is 17.0 Å². The number of hydrogen-bond donors (Lipinski definition) is 1. The number of hydrogen-bond acceptors (Lipinski definition) is 4. The van der Waals surface area contributed by atoms with Gasteiger partial charge in [-0.2, -0.15) is 0 Å². The van der Waals surface area contributed by atoms with Crippen LogP contribution in [0.1, 0.15) is 45.1 Å². The minimum Gasteiger partial charge on any atom is -0.444 e. The van der Waals surface area contributed by atoms with Crippen molar-refractivity contribution in [3.8, 4) is 0 Å². The Morgan fingerprint density at radius 3 is 2.46 bits per heavy atom. The monoisotopic (exact) mass is 364 g/mol. The van der Waals surface area contributed by atoms with Crippen molar-refractivity contribution in [2.75, 3.05) is 19.6 Å². The van der Waals surface area contributed by atoms with Crippen molar-refractivity contribution in [2.24, 2.45) is 0 Å². The minimum absolute atomic E-state index is 0.0958. The summed E-state index contributed by atoms with van der Waals surface area (Å²) in [5.41, 5.74) is -0.333. The Balaban J connectivity index is 1.75. The summed E-state index contributed by atoms with van der Waals surface area (Å²) in [5.74, 6) is -0.398. The quantitative estimate of drug-likeness (QED) is 0.829. The van der Waals surface area contributed by atoms with Gasteiger partial charge in [-0.15, -0.1) is 0 Å². The molecule has 2 saturated heterocycles. The van der Waals surface area contributed by atoms with Crippen molar-refractivity contribution in [1.29, 1.82) is 0 Å². The fourth-order valence-corrected chi connectivity index (χ4v) is 3.62. The van der Waals surface area contributed by atoms with Crippen LogP contribution in [0.15, 0.2) is 24.3 Å². The van der Waals surface area contributed by atoms with Gasteiger partial charge in [-0.05, 0) is 38.5 Å². The summed E-state index contributed by atoms with van der Waals surface area (Å²) in [7, 11) is 0. The van der Waals surface area contributed by atoms with Crippen molar-refractivity contribution < 1.29 is 23.5 Å². The van der Waals surface area contributed by atoms with E-state index in [0.29, 0.717) is 32.5 Å². The Bertz CT molecular complexity index is 676. The number of rotatable bonds is 1. The van der Waals surface area contributed by atoms with Crippen LogP contribution in [-0.2, 0) is 9.47 Å². The highest BCUT2D eigenvalue weighted by atomic mass is 19.1. The second kappa shape index (κ2) is 6.78. The van der Waals surface area contributed by atoms with Crippen LogP contribution in [0.3, 0.4) is 0 Å². The third-order valence-corrected chi connectivity index (χ3v) is 4.92. The second-order valence-electron chi connectivity index (χ2n) is 7.91. The van der Waals surface area contributed by atoms with E-state index >= 15 is 0 Å². The number of nitrogens with zero attached hydrogens (tertiary/aromatic N) is 1. The van der Waals surface area contributed by atoms with Gasteiger partial charge in [0.2, 0.25) is 0 Å². The molecule has 1 aromatic carbocycles. The van der Waals surface area contributed by atoms with Gasteiger partial charge in [0.15, 0.2) is 0 Å². The molecule has 2 amide bonds. The summed E-state index contributed by atoms with van der Waals surface area (Å²) in [5, 5.41) is 2.72. The number of nitrogens with one attached hydrogen (secondary N) is 1. The Kier molecular flexibility index (Phi) is 4.82. The average Bonchev–Trinajstić information content (AvgIpc) is 2.55. The standard InChI is InChI=1S/C19H25FN2O4/c1-18(2,3)26-17(24)22-10-8-19(9-11-22)15(12-21-16(23)25-19)13-4-6-14(20)7-5-13/h4-7,15H,8-12H2,1-3H3,(H,21,23). The number of alkyl carbamates (subject to hydrolysis) is 1. The molecule has 142 valence electrons. The molecule has 6 nitrogen and oxygen atoms in total. The molecule has 2 aliphatic rings. The summed E-state index contributed by atoms with van der Waals surface area (Å²) < 4.78 is 24.4. The Morgan fingerprint density at radius 1 is 1.27 bits per heavy atom. The molecule has 0 aromatic heterocycles. The highest BCUT2D eigenvalue weighted by Crippen LogP contribution is 2.42. The molecule has 1 aromatic rings. The van der Waals surface area contributed by atoms with Gasteiger partial charge in [0, 0.05) is 38.4 Å². The molecule has 0 radical (unpaired) electrons. The molecule has 2 fully saturated rings. The van der Waals surface area contributed by atoms with Crippen molar-refractivity contribution in [1.82, 2.24) is 10.2 Å². The highest BCUT2D eigenvalue weighted by molar-refractivity contribution is 5.70. The first-order valence-corrected chi connectivity index (χ1v) is 8.89. The smallest absolute Gasteiger partial charge is 0.410 e. The van der Waals surface area contributed by atoms with Crippen LogP contribution >= 0.6 is 0 Å². The van der Waals surface area contributed by atoms with E-state index in [1.807, 2.05) is 20.8 Å². The summed E-state index contributed by atoms with van der Waals surface area (Å²) >= 11 is 0. The molecule has 1 N–H and O–H groups in total. The van der Waals surface area contributed by atoms with Gasteiger partial charge in [-0.3, -0.25) is 0 Å². The fourth-order valence-electron chi connectivity index (χ4n) is 3.62. The van der Waals surface area contributed by atoms with Crippen LogP contribution in [0, 0.1) is 5.82 Å². The lowest BCUT2D eigenvalue weighted by Gasteiger charge is -2.48. The van der Waals surface area contributed by atoms with Crippen molar-refractivity contribution in [3.05, 3.63) is 35.6 Å². The molecule has 0 aliphatic carbocycles. The zero-order valence-electron chi connectivity index (χ0n) is 15.4. The maximum Gasteiger partial charge on any atom is 0.410 e. The van der Waals surface area contributed by atoms with Gasteiger partial charge in [0.05, 0.1) is 0 Å². The predicted octanol–water partition coefficient (Wildman–Crippen LogP) is 3.42. The van der Waals surface area contributed by atoms with Crippen LogP contribution in [0.2, 0.25) is 0 Å². The maximum absolute atomic E-state index is 13.3. The summed E-state index contributed by atoms with van der Waals surface area (Å²) in [4.78, 5) is 25.8. The van der Waals surface area contributed by atoms with Crippen LogP contribution < -0.4 is 5.32 Å². The van der Waals surface area contributed by atoms with Crippen molar-refractivity contribution >= 4 is 12.2 Å². The first-order valence-electron chi connectivity index (χ1n) is 8.89. The number of halogens is 1. The van der Waals surface area contributed by atoms with Gasteiger partial charge < -0.3 is 19.7 Å². The van der Waals surface area contributed by atoms with Crippen LogP contribution in [-0.4, -0.2) is 47.9 Å². The normalized spacial score (nSPS) is 22.5. The average molecular weight is 364 g/mol. The largest absolute Gasteiger partial charge is 0.444 e. The molecule has 0 bridgehead atoms. The molecular weight excluding hydrogens is 339 g/mol. The molecule has 3 rings (SSSR count). The number of carbonyl (C=O) groups excluding carboxylic acids is 2. The number of carbonyl (C=O) groups is 2. The summed E-state index contributed by atoms with van der Waals surface area (Å²) in [6.07, 6.45) is 0.226. The Morgan fingerprint density at radius 2 is 1.88 bits per heavy atom. The van der Waals surface area contributed by atoms with E-state index in [4.69, 9.17) is 9.47 Å². The van der Waals surface area contributed by atoms with E-state index in [2.05, 4.69) is 5.32 Å². The third kappa shape index (κ3) is 3.92. The number of benzene rings is 1. The van der Waals surface area contributed by atoms with E-state index in [1.54, 1.807) is 17.0 Å². The molecular formula is C19H25FN2O4. The molecule has 1 spiro atoms. The lowest BCUT2D eigenvalue weighted by Crippen LogP contribution is -2.58. The van der Waals surface area contributed by atoms with E-state index in [0.717, 1.165) is 5.56 Å². The SMILES string of the molecule is CC(C)(C)OC(=O)N1CCC2(CC1)OC(=O)NCC2c1ccc(F)cc1. The van der Waals surface area contributed by atoms with Crippen molar-refractivity contribution in [2.45, 2.75) is 50.7 Å². The third-order valence-electron chi connectivity index (χ3n) is 4.92. The zero-order valence-corrected chi connectivity index (χ0v) is 15.4. The zero-order chi connectivity index (χ0) is 18.9. The van der Waals surface area contributed by atoms with Gasteiger partial charge >= 0.3 is 12.2 Å². The topological polar surface area (TPSA) is 67.9 Å². The summed E-state index contributed by atoms with van der Waals surface area (Å²) in [6, 6.07) is 6.27. The van der Waals surface area contributed by atoms with Gasteiger partial charge in [-0.25, -0.2) is 14.0 Å².